The van der Waals surface area contributed by atoms with Gasteiger partial charge in [0, 0.05) is 18.7 Å². The van der Waals surface area contributed by atoms with Gasteiger partial charge in [0.2, 0.25) is 0 Å². The fourth-order valence-electron chi connectivity index (χ4n) is 1.93. The summed E-state index contributed by atoms with van der Waals surface area (Å²) in [6.45, 7) is 11.6. The van der Waals surface area contributed by atoms with E-state index in [1.807, 2.05) is 14.0 Å². The van der Waals surface area contributed by atoms with Crippen LogP contribution in [0.5, 0.6) is 0 Å². The number of nitrogens with zero attached hydrogens (tertiary/aromatic N) is 1. The molecule has 0 atom stereocenters. The summed E-state index contributed by atoms with van der Waals surface area (Å²) in [5, 5.41) is 3.13. The van der Waals surface area contributed by atoms with Crippen LogP contribution in [0.2, 0.25) is 0 Å². The van der Waals surface area contributed by atoms with E-state index in [1.165, 1.54) is 5.56 Å². The van der Waals surface area contributed by atoms with Gasteiger partial charge in [-0.15, -0.1) is 0 Å². The van der Waals surface area contributed by atoms with E-state index in [9.17, 15) is 0 Å². The van der Waals surface area contributed by atoms with Crippen molar-refractivity contribution in [3.8, 4) is 0 Å². The Morgan fingerprint density at radius 3 is 2.67 bits per heavy atom. The molecule has 1 aromatic heterocycles. The molecule has 0 spiro atoms. The van der Waals surface area contributed by atoms with E-state index in [2.05, 4.69) is 30.1 Å². The molecule has 0 bridgehead atoms. The Hall–Kier alpha value is -0.840. The molecular weight excluding hydrogens is 228 g/mol. The lowest BCUT2D eigenvalue weighted by Crippen LogP contribution is -2.26. The minimum Gasteiger partial charge on any atom is -0.464 e. The molecule has 1 rings (SSSR count). The third-order valence-electron chi connectivity index (χ3n) is 3.13. The first kappa shape index (κ1) is 15.2. The van der Waals surface area contributed by atoms with Crippen molar-refractivity contribution in [1.82, 2.24) is 10.2 Å². The van der Waals surface area contributed by atoms with Gasteiger partial charge in [-0.2, -0.15) is 0 Å². The molecule has 0 amide bonds. The average molecular weight is 254 g/mol. The van der Waals surface area contributed by atoms with Crippen LogP contribution < -0.4 is 5.32 Å². The zero-order valence-corrected chi connectivity index (χ0v) is 12.1. The zero-order valence-electron chi connectivity index (χ0n) is 12.1. The lowest BCUT2D eigenvalue weighted by Gasteiger charge is -2.17. The maximum atomic E-state index is 5.65. The summed E-state index contributed by atoms with van der Waals surface area (Å²) in [6.07, 6.45) is 0. The van der Waals surface area contributed by atoms with Crippen molar-refractivity contribution in [1.29, 1.82) is 0 Å². The van der Waals surface area contributed by atoms with Crippen LogP contribution in [0.15, 0.2) is 10.5 Å². The summed E-state index contributed by atoms with van der Waals surface area (Å²) in [4.78, 5) is 2.35. The first-order valence-corrected chi connectivity index (χ1v) is 6.74. The summed E-state index contributed by atoms with van der Waals surface area (Å²) in [6, 6.07) is 2.07. The van der Waals surface area contributed by atoms with Gasteiger partial charge in [0.05, 0.1) is 6.61 Å². The molecule has 4 nitrogen and oxygen atoms in total. The minimum absolute atomic E-state index is 0.561. The Balaban J connectivity index is 2.28. The molecular formula is C14H26N2O2. The van der Waals surface area contributed by atoms with Crippen LogP contribution in [0.25, 0.3) is 0 Å². The van der Waals surface area contributed by atoms with Crippen molar-refractivity contribution >= 4 is 0 Å². The molecule has 0 aliphatic heterocycles. The molecule has 18 heavy (non-hydrogen) atoms. The predicted octanol–water partition coefficient (Wildman–Crippen LogP) is 2.17. The molecule has 0 saturated carbocycles. The average Bonchev–Trinajstić information content (AvgIpc) is 2.71. The Bertz CT molecular complexity index is 333. The molecule has 0 fully saturated rings. The SMILES string of the molecule is CCN(CC)CCOCc1cc(CNC)c(C)o1. The zero-order chi connectivity index (χ0) is 13.4. The quantitative estimate of drug-likeness (QED) is 0.685. The number of hydrogen-bond donors (Lipinski definition) is 1. The number of nitrogens with one attached hydrogen (secondary N) is 1. The molecule has 0 aliphatic carbocycles. The van der Waals surface area contributed by atoms with Crippen LogP contribution in [0.1, 0.15) is 30.9 Å². The van der Waals surface area contributed by atoms with Gasteiger partial charge in [-0.1, -0.05) is 13.8 Å². The van der Waals surface area contributed by atoms with E-state index >= 15 is 0 Å². The van der Waals surface area contributed by atoms with Gasteiger partial charge in [0.15, 0.2) is 0 Å². The highest BCUT2D eigenvalue weighted by molar-refractivity contribution is 5.20. The molecule has 0 aliphatic rings. The molecule has 1 N–H and O–H groups in total. The molecule has 0 unspecified atom stereocenters. The second-order valence-electron chi connectivity index (χ2n) is 4.40. The van der Waals surface area contributed by atoms with Crippen LogP contribution in [0.3, 0.4) is 0 Å². The first-order chi connectivity index (χ1) is 8.71. The highest BCUT2D eigenvalue weighted by Gasteiger charge is 2.06. The first-order valence-electron chi connectivity index (χ1n) is 6.74. The fraction of sp³-hybridized carbons (Fsp3) is 0.714. The smallest absolute Gasteiger partial charge is 0.130 e. The molecule has 0 radical (unpaired) electrons. The van der Waals surface area contributed by atoms with Crippen LogP contribution >= 0.6 is 0 Å². The Morgan fingerprint density at radius 2 is 2.06 bits per heavy atom. The van der Waals surface area contributed by atoms with Crippen molar-refractivity contribution in [3.63, 3.8) is 0 Å². The molecule has 4 heteroatoms. The summed E-state index contributed by atoms with van der Waals surface area (Å²) >= 11 is 0. The summed E-state index contributed by atoms with van der Waals surface area (Å²) in [5.41, 5.74) is 1.21. The van der Waals surface area contributed by atoms with E-state index < -0.39 is 0 Å². The van der Waals surface area contributed by atoms with Gasteiger partial charge in [0.1, 0.15) is 18.1 Å². The number of rotatable bonds is 9. The molecule has 1 heterocycles. The van der Waals surface area contributed by atoms with Gasteiger partial charge >= 0.3 is 0 Å². The monoisotopic (exact) mass is 254 g/mol. The van der Waals surface area contributed by atoms with Gasteiger partial charge in [-0.3, -0.25) is 0 Å². The van der Waals surface area contributed by atoms with E-state index in [0.717, 1.165) is 44.3 Å². The van der Waals surface area contributed by atoms with Crippen molar-refractivity contribution in [2.45, 2.75) is 33.9 Å². The highest BCUT2D eigenvalue weighted by atomic mass is 16.5. The van der Waals surface area contributed by atoms with Crippen LogP contribution in [0.4, 0.5) is 0 Å². The maximum Gasteiger partial charge on any atom is 0.130 e. The normalized spacial score (nSPS) is 11.4. The van der Waals surface area contributed by atoms with Crippen LogP contribution in [-0.4, -0.2) is 38.2 Å². The molecule has 1 aromatic rings. The lowest BCUT2D eigenvalue weighted by molar-refractivity contribution is 0.0839. The van der Waals surface area contributed by atoms with E-state index in [-0.39, 0.29) is 0 Å². The number of ether oxygens (including phenoxy) is 1. The number of aryl methyl sites for hydroxylation is 1. The van der Waals surface area contributed by atoms with Gasteiger partial charge in [-0.05, 0) is 33.1 Å². The van der Waals surface area contributed by atoms with Crippen LogP contribution in [0, 0.1) is 6.92 Å². The molecule has 0 saturated heterocycles. The Kier molecular flexibility index (Phi) is 7.01. The maximum absolute atomic E-state index is 5.65. The largest absolute Gasteiger partial charge is 0.464 e. The van der Waals surface area contributed by atoms with E-state index in [0.29, 0.717) is 6.61 Å². The third-order valence-corrected chi connectivity index (χ3v) is 3.13. The topological polar surface area (TPSA) is 37.6 Å². The summed E-state index contributed by atoms with van der Waals surface area (Å²) in [7, 11) is 1.94. The van der Waals surface area contributed by atoms with Gasteiger partial charge in [-0.25, -0.2) is 0 Å². The second-order valence-corrected chi connectivity index (χ2v) is 4.40. The molecule has 104 valence electrons. The molecule has 0 aromatic carbocycles. The lowest BCUT2D eigenvalue weighted by atomic mass is 10.2. The van der Waals surface area contributed by atoms with E-state index in [4.69, 9.17) is 9.15 Å². The summed E-state index contributed by atoms with van der Waals surface area (Å²) < 4.78 is 11.3. The van der Waals surface area contributed by atoms with Crippen molar-refractivity contribution in [2.75, 3.05) is 33.3 Å². The number of furan rings is 1. The van der Waals surface area contributed by atoms with Gasteiger partial charge < -0.3 is 19.4 Å². The Morgan fingerprint density at radius 1 is 1.33 bits per heavy atom. The summed E-state index contributed by atoms with van der Waals surface area (Å²) in [5.74, 6) is 1.89. The number of hydrogen-bond acceptors (Lipinski definition) is 4. The highest BCUT2D eigenvalue weighted by Crippen LogP contribution is 2.15. The van der Waals surface area contributed by atoms with Gasteiger partial charge in [0.25, 0.3) is 0 Å². The fourth-order valence-corrected chi connectivity index (χ4v) is 1.93. The van der Waals surface area contributed by atoms with Crippen molar-refractivity contribution in [3.05, 3.63) is 23.2 Å². The van der Waals surface area contributed by atoms with E-state index in [1.54, 1.807) is 0 Å². The van der Waals surface area contributed by atoms with Crippen LogP contribution in [-0.2, 0) is 17.9 Å². The second kappa shape index (κ2) is 8.29. The number of likely N-dealkylation sites (N-methyl/N-ethyl adjacent to an activating group) is 1. The standard InChI is InChI=1S/C14H26N2O2/c1-5-16(6-2)7-8-17-11-14-9-13(10-15-4)12(3)18-14/h9,15H,5-8,10-11H2,1-4H3. The van der Waals surface area contributed by atoms with Crippen molar-refractivity contribution < 1.29 is 9.15 Å². The Labute approximate surface area is 110 Å². The third kappa shape index (κ3) is 4.80. The predicted molar refractivity (Wildman–Crippen MR) is 73.7 cm³/mol. The minimum atomic E-state index is 0.561. The van der Waals surface area contributed by atoms with Crippen molar-refractivity contribution in [2.24, 2.45) is 0 Å².